The standard InChI is InChI=1S/C38H81N5O4/c1-3-5-7-9-11-13-15-17-19-23-33-45-35-37(46-34-24-20-18-16-14-12-10-8-6-4-2)36-47-38(44)43-42-32-26-31-41-29-22-21-28-40-30-25-27-39/h37,40-42H,3-36,39H2,1-2H3,(H,43,44). The minimum absolute atomic E-state index is 0.200. The molecule has 0 bridgehead atoms. The summed E-state index contributed by atoms with van der Waals surface area (Å²) in [5, 5.41) is 6.85. The number of ether oxygens (including phenoxy) is 3. The second kappa shape index (κ2) is 41.2. The Hall–Kier alpha value is -0.970. The number of unbranched alkanes of at least 4 members (excludes halogenated alkanes) is 19. The molecule has 1 atom stereocenters. The molecule has 0 rings (SSSR count). The Bertz CT molecular complexity index is 602. The maximum Gasteiger partial charge on any atom is 0.421 e. The van der Waals surface area contributed by atoms with E-state index in [9.17, 15) is 4.79 Å². The van der Waals surface area contributed by atoms with Crippen molar-refractivity contribution in [3.05, 3.63) is 0 Å². The first-order chi connectivity index (χ1) is 23.2. The number of nitrogens with two attached hydrogens (primary N) is 1. The first-order valence-corrected chi connectivity index (χ1v) is 20.2. The van der Waals surface area contributed by atoms with Crippen LogP contribution in [0.15, 0.2) is 0 Å². The van der Waals surface area contributed by atoms with Crippen LogP contribution >= 0.6 is 0 Å². The topological polar surface area (TPSA) is 119 Å². The summed E-state index contributed by atoms with van der Waals surface area (Å²) >= 11 is 0. The van der Waals surface area contributed by atoms with Crippen molar-refractivity contribution in [3.63, 3.8) is 0 Å². The lowest BCUT2D eigenvalue weighted by Gasteiger charge is -2.18. The van der Waals surface area contributed by atoms with Crippen LogP contribution in [0.25, 0.3) is 0 Å². The lowest BCUT2D eigenvalue weighted by atomic mass is 10.1. The van der Waals surface area contributed by atoms with Crippen molar-refractivity contribution >= 4 is 6.09 Å². The summed E-state index contributed by atoms with van der Waals surface area (Å²) in [5.74, 6) is 0. The van der Waals surface area contributed by atoms with Crippen molar-refractivity contribution in [2.24, 2.45) is 5.73 Å². The number of nitrogens with one attached hydrogen (secondary N) is 4. The maximum absolute atomic E-state index is 12.3. The normalized spacial score (nSPS) is 12.1. The maximum atomic E-state index is 12.3. The highest BCUT2D eigenvalue weighted by Crippen LogP contribution is 2.12. The summed E-state index contributed by atoms with van der Waals surface area (Å²) < 4.78 is 17.6. The number of carbonyl (C=O) groups excluding carboxylic acids is 1. The smallest absolute Gasteiger partial charge is 0.421 e. The Balaban J connectivity index is 4.02. The predicted molar refractivity (Wildman–Crippen MR) is 200 cm³/mol. The quantitative estimate of drug-likeness (QED) is 0.0327. The fourth-order valence-electron chi connectivity index (χ4n) is 5.51. The van der Waals surface area contributed by atoms with Crippen molar-refractivity contribution in [2.45, 2.75) is 174 Å². The van der Waals surface area contributed by atoms with Crippen molar-refractivity contribution < 1.29 is 19.0 Å². The molecule has 9 nitrogen and oxygen atoms in total. The highest BCUT2D eigenvalue weighted by Gasteiger charge is 2.13. The van der Waals surface area contributed by atoms with E-state index >= 15 is 0 Å². The highest BCUT2D eigenvalue weighted by atomic mass is 16.6. The van der Waals surface area contributed by atoms with Gasteiger partial charge >= 0.3 is 6.09 Å². The van der Waals surface area contributed by atoms with Crippen molar-refractivity contribution in [3.8, 4) is 0 Å². The number of hydrogen-bond donors (Lipinski definition) is 5. The third-order valence-electron chi connectivity index (χ3n) is 8.56. The van der Waals surface area contributed by atoms with Crippen molar-refractivity contribution in [1.82, 2.24) is 21.5 Å². The van der Waals surface area contributed by atoms with E-state index in [0.29, 0.717) is 19.8 Å². The fourth-order valence-corrected chi connectivity index (χ4v) is 5.51. The van der Waals surface area contributed by atoms with E-state index in [-0.39, 0.29) is 12.7 Å². The fraction of sp³-hybridized carbons (Fsp3) is 0.974. The van der Waals surface area contributed by atoms with Crippen LogP contribution in [-0.4, -0.2) is 77.9 Å². The van der Waals surface area contributed by atoms with Crippen LogP contribution in [0, 0.1) is 0 Å². The molecule has 282 valence electrons. The van der Waals surface area contributed by atoms with Gasteiger partial charge in [-0.1, -0.05) is 129 Å². The first-order valence-electron chi connectivity index (χ1n) is 20.2. The average molecular weight is 672 g/mol. The van der Waals surface area contributed by atoms with Gasteiger partial charge in [0.1, 0.15) is 12.7 Å². The summed E-state index contributed by atoms with van der Waals surface area (Å²) in [6.07, 6.45) is 29.7. The predicted octanol–water partition coefficient (Wildman–Crippen LogP) is 8.16. The van der Waals surface area contributed by atoms with Crippen LogP contribution in [0.5, 0.6) is 0 Å². The highest BCUT2D eigenvalue weighted by molar-refractivity contribution is 5.66. The van der Waals surface area contributed by atoms with Gasteiger partial charge in [0.05, 0.1) is 6.61 Å². The first kappa shape index (κ1) is 46.0. The molecule has 0 radical (unpaired) electrons. The third-order valence-corrected chi connectivity index (χ3v) is 8.56. The van der Waals surface area contributed by atoms with E-state index in [2.05, 4.69) is 35.3 Å². The molecular formula is C38H81N5O4. The molecule has 0 fully saturated rings. The summed E-state index contributed by atoms with van der Waals surface area (Å²) in [4.78, 5) is 12.3. The van der Waals surface area contributed by atoms with Gasteiger partial charge in [-0.2, -0.15) is 0 Å². The second-order valence-corrected chi connectivity index (χ2v) is 13.3. The summed E-state index contributed by atoms with van der Waals surface area (Å²) in [7, 11) is 0. The molecule has 0 aromatic carbocycles. The average Bonchev–Trinajstić information content (AvgIpc) is 3.08. The van der Waals surface area contributed by atoms with Crippen LogP contribution in [-0.2, 0) is 14.2 Å². The van der Waals surface area contributed by atoms with Gasteiger partial charge in [-0.05, 0) is 71.2 Å². The minimum Gasteiger partial charge on any atom is -0.446 e. The summed E-state index contributed by atoms with van der Waals surface area (Å²) in [6.45, 7) is 12.0. The van der Waals surface area contributed by atoms with Crippen LogP contribution in [0.2, 0.25) is 0 Å². The van der Waals surface area contributed by atoms with E-state index in [1.165, 1.54) is 116 Å². The molecule has 0 saturated heterocycles. The molecule has 0 aromatic rings. The molecule has 47 heavy (non-hydrogen) atoms. The van der Waals surface area contributed by atoms with E-state index in [1.54, 1.807) is 0 Å². The Labute approximate surface area is 291 Å². The van der Waals surface area contributed by atoms with Crippen molar-refractivity contribution in [2.75, 3.05) is 65.7 Å². The molecule has 1 amide bonds. The van der Waals surface area contributed by atoms with Gasteiger partial charge in [0.2, 0.25) is 0 Å². The molecule has 0 aromatic heterocycles. The van der Waals surface area contributed by atoms with Gasteiger partial charge in [-0.25, -0.2) is 10.2 Å². The van der Waals surface area contributed by atoms with Crippen molar-refractivity contribution in [1.29, 1.82) is 0 Å². The molecule has 1 unspecified atom stereocenters. The monoisotopic (exact) mass is 672 g/mol. The Kier molecular flexibility index (Phi) is 40.4. The molecule has 0 aliphatic heterocycles. The lowest BCUT2D eigenvalue weighted by molar-refractivity contribution is -0.0471. The number of hydrazine groups is 1. The minimum atomic E-state index is -0.470. The molecule has 9 heteroatoms. The summed E-state index contributed by atoms with van der Waals surface area (Å²) in [5.41, 5.74) is 11.1. The number of hydrogen-bond acceptors (Lipinski definition) is 8. The van der Waals surface area contributed by atoms with Gasteiger partial charge in [0, 0.05) is 19.8 Å². The van der Waals surface area contributed by atoms with Crippen LogP contribution in [0.4, 0.5) is 4.79 Å². The SMILES string of the molecule is CCCCCCCCCCCCOCC(COC(=O)NNCCCNCCCCNCCCN)OCCCCCCCCCCCC. The van der Waals surface area contributed by atoms with Crippen LogP contribution in [0.1, 0.15) is 168 Å². The Morgan fingerprint density at radius 1 is 0.532 bits per heavy atom. The van der Waals surface area contributed by atoms with Crippen LogP contribution < -0.4 is 27.2 Å². The second-order valence-electron chi connectivity index (χ2n) is 13.3. The number of amides is 1. The van der Waals surface area contributed by atoms with Gasteiger partial charge in [0.25, 0.3) is 0 Å². The molecule has 0 aliphatic rings. The lowest BCUT2D eigenvalue weighted by Crippen LogP contribution is -2.40. The Morgan fingerprint density at radius 3 is 1.53 bits per heavy atom. The summed E-state index contributed by atoms with van der Waals surface area (Å²) in [6, 6.07) is 0. The molecule has 0 spiro atoms. The van der Waals surface area contributed by atoms with E-state index in [0.717, 1.165) is 77.9 Å². The van der Waals surface area contributed by atoms with Gasteiger partial charge in [-0.3, -0.25) is 5.43 Å². The van der Waals surface area contributed by atoms with E-state index in [1.807, 2.05) is 0 Å². The number of carbonyl (C=O) groups is 1. The van der Waals surface area contributed by atoms with Gasteiger partial charge < -0.3 is 30.6 Å². The van der Waals surface area contributed by atoms with E-state index in [4.69, 9.17) is 19.9 Å². The zero-order chi connectivity index (χ0) is 34.1. The van der Waals surface area contributed by atoms with E-state index < -0.39 is 6.09 Å². The molecule has 0 heterocycles. The van der Waals surface area contributed by atoms with Gasteiger partial charge in [0.15, 0.2) is 0 Å². The zero-order valence-corrected chi connectivity index (χ0v) is 31.3. The zero-order valence-electron chi connectivity index (χ0n) is 31.3. The largest absolute Gasteiger partial charge is 0.446 e. The molecule has 0 saturated carbocycles. The third kappa shape index (κ3) is 39.4. The molecule has 0 aliphatic carbocycles. The Morgan fingerprint density at radius 2 is 1.00 bits per heavy atom. The van der Waals surface area contributed by atoms with Gasteiger partial charge in [-0.15, -0.1) is 0 Å². The molecular weight excluding hydrogens is 590 g/mol. The number of rotatable bonds is 40. The molecule has 6 N–H and O–H groups in total. The van der Waals surface area contributed by atoms with Crippen LogP contribution in [0.3, 0.4) is 0 Å².